The maximum absolute atomic E-state index is 12.9. The Kier molecular flexibility index (Phi) is 7.51. The second-order valence-electron chi connectivity index (χ2n) is 7.07. The van der Waals surface area contributed by atoms with Gasteiger partial charge in [0, 0.05) is 24.8 Å². The largest absolute Gasteiger partial charge is 0.466 e. The molecule has 0 unspecified atom stereocenters. The Balaban J connectivity index is 2.75. The summed E-state index contributed by atoms with van der Waals surface area (Å²) in [4.78, 5) is 47.7. The summed E-state index contributed by atoms with van der Waals surface area (Å²) in [5.74, 6) is -3.08. The average Bonchev–Trinajstić information content (AvgIpc) is 2.70. The van der Waals surface area contributed by atoms with E-state index in [2.05, 4.69) is 5.32 Å². The molecular weight excluding hydrogens is 408 g/mol. The highest BCUT2D eigenvalue weighted by Crippen LogP contribution is 2.40. The molecule has 10 heteroatoms. The number of nitro groups is 1. The number of rotatable bonds is 7. The van der Waals surface area contributed by atoms with Crippen molar-refractivity contribution in [1.29, 1.82) is 0 Å². The van der Waals surface area contributed by atoms with Gasteiger partial charge in [0.15, 0.2) is 0 Å². The molecule has 10 nitrogen and oxygen atoms in total. The van der Waals surface area contributed by atoms with Gasteiger partial charge in [-0.1, -0.05) is 12.1 Å². The fourth-order valence-corrected chi connectivity index (χ4v) is 3.23. The van der Waals surface area contributed by atoms with Crippen molar-refractivity contribution in [2.75, 3.05) is 13.7 Å². The van der Waals surface area contributed by atoms with Crippen molar-refractivity contribution in [3.8, 4) is 0 Å². The van der Waals surface area contributed by atoms with Crippen LogP contribution in [0.2, 0.25) is 0 Å². The lowest BCUT2D eigenvalue weighted by Crippen LogP contribution is -2.35. The fourth-order valence-electron chi connectivity index (χ4n) is 3.23. The minimum absolute atomic E-state index is 0.00875. The van der Waals surface area contributed by atoms with Crippen LogP contribution in [0, 0.1) is 10.1 Å². The molecule has 1 atom stereocenters. The summed E-state index contributed by atoms with van der Waals surface area (Å²) in [6, 6.07) is 5.59. The molecule has 1 N–H and O–H groups in total. The molecule has 0 radical (unpaired) electrons. The maximum Gasteiger partial charge on any atom is 0.337 e. The summed E-state index contributed by atoms with van der Waals surface area (Å²) in [6.45, 7) is 5.89. The fraction of sp³-hybridized carbons (Fsp3) is 0.381. The number of methoxy groups -OCH3 is 1. The van der Waals surface area contributed by atoms with Gasteiger partial charge in [0.25, 0.3) is 5.69 Å². The molecule has 0 amide bonds. The van der Waals surface area contributed by atoms with E-state index in [9.17, 15) is 24.5 Å². The average molecular weight is 432 g/mol. The molecule has 1 heterocycles. The number of hydrogen-bond donors (Lipinski definition) is 1. The third-order valence-corrected chi connectivity index (χ3v) is 4.45. The summed E-state index contributed by atoms with van der Waals surface area (Å²) in [5, 5.41) is 14.2. The van der Waals surface area contributed by atoms with Crippen LogP contribution in [0.25, 0.3) is 0 Å². The van der Waals surface area contributed by atoms with E-state index in [1.165, 1.54) is 32.2 Å². The quantitative estimate of drug-likeness (QED) is 0.298. The highest BCUT2D eigenvalue weighted by molar-refractivity contribution is 6.00. The number of dihydropyridines is 1. The first kappa shape index (κ1) is 23.6. The van der Waals surface area contributed by atoms with Crippen LogP contribution in [-0.4, -0.2) is 42.7 Å². The van der Waals surface area contributed by atoms with E-state index < -0.39 is 34.9 Å². The van der Waals surface area contributed by atoms with Crippen LogP contribution >= 0.6 is 0 Å². The minimum atomic E-state index is -1.04. The number of nitro benzene ring substituents is 1. The molecule has 0 spiro atoms. The smallest absolute Gasteiger partial charge is 0.337 e. The molecule has 166 valence electrons. The number of allylic oxidation sites excluding steroid dienone is 1. The van der Waals surface area contributed by atoms with E-state index in [-0.39, 0.29) is 29.1 Å². The number of benzene rings is 1. The van der Waals surface area contributed by atoms with Crippen LogP contribution in [0.15, 0.2) is 46.8 Å². The van der Waals surface area contributed by atoms with Crippen molar-refractivity contribution in [1.82, 2.24) is 5.32 Å². The zero-order valence-electron chi connectivity index (χ0n) is 17.9. The molecule has 1 aromatic carbocycles. The topological polar surface area (TPSA) is 134 Å². The van der Waals surface area contributed by atoms with E-state index in [0.29, 0.717) is 11.3 Å². The van der Waals surface area contributed by atoms with E-state index in [4.69, 9.17) is 14.2 Å². The Hall–Kier alpha value is -3.69. The molecule has 31 heavy (non-hydrogen) atoms. The molecule has 0 bridgehead atoms. The number of hydrogen-bond acceptors (Lipinski definition) is 9. The molecule has 0 saturated carbocycles. The van der Waals surface area contributed by atoms with Crippen molar-refractivity contribution in [3.05, 3.63) is 62.5 Å². The van der Waals surface area contributed by atoms with Crippen LogP contribution < -0.4 is 5.32 Å². The van der Waals surface area contributed by atoms with E-state index in [0.717, 1.165) is 0 Å². The SMILES string of the molecule is COC(=O)C1=C(COC(C)=O)NC(C)=C(C(=O)OC(C)C)[C@@H]1c1cccc([N+](=O)[O-])c1. The Morgan fingerprint density at radius 1 is 1.19 bits per heavy atom. The highest BCUT2D eigenvalue weighted by Gasteiger charge is 2.39. The first-order chi connectivity index (χ1) is 14.6. The third-order valence-electron chi connectivity index (χ3n) is 4.45. The lowest BCUT2D eigenvalue weighted by Gasteiger charge is -2.31. The van der Waals surface area contributed by atoms with Gasteiger partial charge in [0.2, 0.25) is 0 Å². The molecule has 0 aliphatic carbocycles. The minimum Gasteiger partial charge on any atom is -0.466 e. The van der Waals surface area contributed by atoms with Crippen LogP contribution in [-0.2, 0) is 28.6 Å². The van der Waals surface area contributed by atoms with Gasteiger partial charge in [0.05, 0.1) is 40.9 Å². The van der Waals surface area contributed by atoms with Gasteiger partial charge in [-0.15, -0.1) is 0 Å². The number of esters is 3. The van der Waals surface area contributed by atoms with Gasteiger partial charge in [-0.05, 0) is 26.3 Å². The maximum atomic E-state index is 12.9. The van der Waals surface area contributed by atoms with Crippen molar-refractivity contribution in [3.63, 3.8) is 0 Å². The van der Waals surface area contributed by atoms with Crippen molar-refractivity contribution in [2.45, 2.75) is 39.7 Å². The van der Waals surface area contributed by atoms with Gasteiger partial charge < -0.3 is 19.5 Å². The zero-order valence-corrected chi connectivity index (χ0v) is 17.9. The van der Waals surface area contributed by atoms with Gasteiger partial charge in [0.1, 0.15) is 6.61 Å². The first-order valence-electron chi connectivity index (χ1n) is 9.44. The summed E-state index contributed by atoms with van der Waals surface area (Å²) in [5.41, 5.74) is 0.753. The Morgan fingerprint density at radius 3 is 2.42 bits per heavy atom. The number of carbonyl (C=O) groups is 3. The molecular formula is C21H24N2O8. The van der Waals surface area contributed by atoms with E-state index >= 15 is 0 Å². The monoisotopic (exact) mass is 432 g/mol. The third kappa shape index (κ3) is 5.47. The van der Waals surface area contributed by atoms with E-state index in [1.54, 1.807) is 26.8 Å². The standard InChI is InChI=1S/C21H24N2O8/c1-11(2)31-21(26)17-12(3)22-16(10-30-13(4)24)19(20(25)29-5)18(17)14-7-6-8-15(9-14)23(27)28/h6-9,11,18,22H,10H2,1-5H3/t18-/m0/s1. The predicted octanol–water partition coefficient (Wildman–Crippen LogP) is 2.50. The second-order valence-corrected chi connectivity index (χ2v) is 7.07. The summed E-state index contributed by atoms with van der Waals surface area (Å²) < 4.78 is 15.3. The Labute approximate surface area is 179 Å². The van der Waals surface area contributed by atoms with Crippen LogP contribution in [0.5, 0.6) is 0 Å². The Morgan fingerprint density at radius 2 is 1.87 bits per heavy atom. The predicted molar refractivity (Wildman–Crippen MR) is 109 cm³/mol. The van der Waals surface area contributed by atoms with Gasteiger partial charge in [-0.3, -0.25) is 14.9 Å². The molecule has 0 fully saturated rings. The number of ether oxygens (including phenoxy) is 3. The molecule has 0 aromatic heterocycles. The Bertz CT molecular complexity index is 977. The second kappa shape index (κ2) is 9.88. The van der Waals surface area contributed by atoms with Gasteiger partial charge in [-0.2, -0.15) is 0 Å². The van der Waals surface area contributed by atoms with Crippen LogP contribution in [0.4, 0.5) is 5.69 Å². The summed E-state index contributed by atoms with van der Waals surface area (Å²) >= 11 is 0. The van der Waals surface area contributed by atoms with Crippen LogP contribution in [0.3, 0.4) is 0 Å². The van der Waals surface area contributed by atoms with E-state index in [1.807, 2.05) is 0 Å². The highest BCUT2D eigenvalue weighted by atomic mass is 16.6. The molecule has 2 rings (SSSR count). The van der Waals surface area contributed by atoms with Crippen molar-refractivity contribution >= 4 is 23.6 Å². The van der Waals surface area contributed by atoms with Crippen molar-refractivity contribution < 1.29 is 33.5 Å². The molecule has 1 aromatic rings. The first-order valence-corrected chi connectivity index (χ1v) is 9.44. The number of nitrogens with one attached hydrogen (secondary N) is 1. The summed E-state index contributed by atoms with van der Waals surface area (Å²) in [6.07, 6.45) is -0.438. The molecule has 1 aliphatic rings. The van der Waals surface area contributed by atoms with Gasteiger partial charge in [-0.25, -0.2) is 9.59 Å². The van der Waals surface area contributed by atoms with Crippen LogP contribution in [0.1, 0.15) is 39.2 Å². The number of carbonyl (C=O) groups excluding carboxylic acids is 3. The lowest BCUT2D eigenvalue weighted by molar-refractivity contribution is -0.384. The zero-order chi connectivity index (χ0) is 23.3. The lowest BCUT2D eigenvalue weighted by atomic mass is 9.80. The van der Waals surface area contributed by atoms with Crippen molar-refractivity contribution in [2.24, 2.45) is 0 Å². The van der Waals surface area contributed by atoms with Gasteiger partial charge >= 0.3 is 17.9 Å². The number of non-ortho nitro benzene ring substituents is 1. The normalized spacial score (nSPS) is 16.0. The molecule has 1 aliphatic heterocycles. The molecule has 0 saturated heterocycles. The summed E-state index contributed by atoms with van der Waals surface area (Å²) in [7, 11) is 1.17. The number of nitrogens with zero attached hydrogens (tertiary/aromatic N) is 1.